The molecule has 0 spiro atoms. The lowest BCUT2D eigenvalue weighted by molar-refractivity contribution is 0.108. The second-order valence-corrected chi connectivity index (χ2v) is 5.61. The maximum absolute atomic E-state index is 12.0. The van der Waals surface area contributed by atoms with Gasteiger partial charge in [-0.15, -0.1) is 12.6 Å². The fourth-order valence-corrected chi connectivity index (χ4v) is 2.75. The van der Waals surface area contributed by atoms with Crippen LogP contribution in [-0.2, 0) is 0 Å². The van der Waals surface area contributed by atoms with Crippen LogP contribution in [0.25, 0.3) is 0 Å². The highest BCUT2D eigenvalue weighted by Crippen LogP contribution is 2.27. The summed E-state index contributed by atoms with van der Waals surface area (Å²) in [6.45, 7) is 0. The Kier molecular flexibility index (Phi) is 4.52. The summed E-state index contributed by atoms with van der Waals surface area (Å²) < 4.78 is 0.483. The van der Waals surface area contributed by atoms with Gasteiger partial charge in [-0.1, -0.05) is 30.4 Å². The molecule has 0 N–H and O–H groups in total. The third kappa shape index (κ3) is 3.19. The maximum atomic E-state index is 12.0. The molecular weight excluding hydrogens is 282 g/mol. The number of carbonyl (C=O) groups is 1. The smallest absolute Gasteiger partial charge is 0.225 e. The molecule has 0 aliphatic heterocycles. The van der Waals surface area contributed by atoms with Gasteiger partial charge in [0.25, 0.3) is 0 Å². The second kappa shape index (κ2) is 6.13. The van der Waals surface area contributed by atoms with Crippen LogP contribution in [0.3, 0.4) is 0 Å². The van der Waals surface area contributed by atoms with Gasteiger partial charge in [-0.05, 0) is 30.0 Å². The van der Waals surface area contributed by atoms with Gasteiger partial charge < -0.3 is 0 Å². The normalized spacial score (nSPS) is 10.1. The zero-order valence-corrected chi connectivity index (χ0v) is 11.8. The number of rotatable bonds is 3. The van der Waals surface area contributed by atoms with Crippen molar-refractivity contribution in [3.8, 4) is 0 Å². The van der Waals surface area contributed by atoms with Crippen LogP contribution in [0, 0.1) is 0 Å². The van der Waals surface area contributed by atoms with Crippen LogP contribution in [0.4, 0.5) is 0 Å². The van der Waals surface area contributed by atoms with Crippen LogP contribution in [-0.4, -0.2) is 14.3 Å². The molecule has 2 aromatic rings. The summed E-state index contributed by atoms with van der Waals surface area (Å²) in [6.07, 6.45) is 3.19. The number of hydrogen-bond acceptors (Lipinski definition) is 4. The molecule has 0 saturated carbocycles. The molecule has 0 amide bonds. The van der Waals surface area contributed by atoms with E-state index in [2.05, 4.69) is 17.6 Å². The zero-order chi connectivity index (χ0) is 13.0. The minimum atomic E-state index is -0.0554. The monoisotopic (exact) mass is 291 g/mol. The molecule has 0 radical (unpaired) electrons. The van der Waals surface area contributed by atoms with Crippen molar-refractivity contribution >= 4 is 45.9 Å². The summed E-state index contributed by atoms with van der Waals surface area (Å²) >= 11 is 10.3. The van der Waals surface area contributed by atoms with Gasteiger partial charge in [-0.25, -0.2) is 0 Å². The average Bonchev–Trinajstić information content (AvgIpc) is 2.40. The number of aromatic nitrogens is 1. The van der Waals surface area contributed by atoms with Crippen LogP contribution in [0.5, 0.6) is 0 Å². The molecule has 18 heavy (non-hydrogen) atoms. The van der Waals surface area contributed by atoms with E-state index in [1.807, 2.05) is 24.3 Å². The Bertz CT molecular complexity index is 584. The summed E-state index contributed by atoms with van der Waals surface area (Å²) in [5, 5.41) is -0.0554. The molecule has 0 aliphatic carbocycles. The SMILES string of the molecule is O=C(Sc1ccccc1C(=S)S)c1cccnc1. The Balaban J connectivity index is 2.25. The van der Waals surface area contributed by atoms with Gasteiger partial charge in [-0.2, -0.15) is 0 Å². The van der Waals surface area contributed by atoms with Crippen LogP contribution in [0.2, 0.25) is 0 Å². The minimum Gasteiger partial charge on any atom is -0.281 e. The third-order valence-electron chi connectivity index (χ3n) is 2.22. The van der Waals surface area contributed by atoms with Crippen molar-refractivity contribution < 1.29 is 4.79 Å². The highest BCUT2D eigenvalue weighted by molar-refractivity contribution is 8.15. The summed E-state index contributed by atoms with van der Waals surface area (Å²) in [7, 11) is 0. The highest BCUT2D eigenvalue weighted by Gasteiger charge is 2.12. The van der Waals surface area contributed by atoms with Gasteiger partial charge in [0.1, 0.15) is 0 Å². The highest BCUT2D eigenvalue weighted by atomic mass is 32.2. The Labute approximate surface area is 120 Å². The Hall–Kier alpha value is -1.17. The van der Waals surface area contributed by atoms with E-state index in [0.29, 0.717) is 9.76 Å². The van der Waals surface area contributed by atoms with E-state index in [4.69, 9.17) is 12.2 Å². The van der Waals surface area contributed by atoms with Crippen molar-refractivity contribution in [2.45, 2.75) is 4.90 Å². The third-order valence-corrected chi connectivity index (χ3v) is 3.68. The lowest BCUT2D eigenvalue weighted by atomic mass is 10.2. The van der Waals surface area contributed by atoms with Crippen LogP contribution < -0.4 is 0 Å². The predicted octanol–water partition coefficient (Wildman–Crippen LogP) is 3.62. The minimum absolute atomic E-state index is 0.0554. The first-order valence-electron chi connectivity index (χ1n) is 5.13. The quantitative estimate of drug-likeness (QED) is 0.531. The second-order valence-electron chi connectivity index (χ2n) is 3.43. The molecule has 2 rings (SSSR count). The molecule has 0 bridgehead atoms. The molecule has 1 aromatic heterocycles. The fraction of sp³-hybridized carbons (Fsp3) is 0. The number of pyridine rings is 1. The van der Waals surface area contributed by atoms with Gasteiger partial charge >= 0.3 is 0 Å². The van der Waals surface area contributed by atoms with E-state index in [1.165, 1.54) is 0 Å². The standard InChI is InChI=1S/C13H9NOS3/c15-12(9-4-3-7-14-8-9)18-11-6-2-1-5-10(11)13(16)17/h1-8H,(H,16,17). The maximum Gasteiger partial charge on any atom is 0.225 e. The summed E-state index contributed by atoms with van der Waals surface area (Å²) in [4.78, 5) is 16.8. The van der Waals surface area contributed by atoms with Crippen LogP contribution in [0.1, 0.15) is 15.9 Å². The lowest BCUT2D eigenvalue weighted by Gasteiger charge is -2.06. The van der Waals surface area contributed by atoms with Gasteiger partial charge in [0, 0.05) is 28.4 Å². The number of thioether (sulfide) groups is 1. The van der Waals surface area contributed by atoms with Gasteiger partial charge in [0.05, 0.1) is 4.20 Å². The first-order valence-corrected chi connectivity index (χ1v) is 6.80. The number of hydrogen-bond donors (Lipinski definition) is 1. The van der Waals surface area contributed by atoms with E-state index < -0.39 is 0 Å². The average molecular weight is 291 g/mol. The molecule has 0 fully saturated rings. The van der Waals surface area contributed by atoms with Crippen molar-refractivity contribution in [2.24, 2.45) is 0 Å². The summed E-state index contributed by atoms with van der Waals surface area (Å²) in [5.41, 5.74) is 1.38. The fourth-order valence-electron chi connectivity index (χ4n) is 1.37. The molecular formula is C13H9NOS3. The number of carbonyl (C=O) groups excluding carboxylic acids is 1. The molecule has 0 unspecified atom stereocenters. The molecule has 0 saturated heterocycles. The van der Waals surface area contributed by atoms with Crippen molar-refractivity contribution in [1.29, 1.82) is 0 Å². The van der Waals surface area contributed by atoms with E-state index >= 15 is 0 Å². The summed E-state index contributed by atoms with van der Waals surface area (Å²) in [6, 6.07) is 10.9. The molecule has 0 atom stereocenters. The zero-order valence-electron chi connectivity index (χ0n) is 9.24. The van der Waals surface area contributed by atoms with E-state index in [-0.39, 0.29) is 5.12 Å². The lowest BCUT2D eigenvalue weighted by Crippen LogP contribution is -1.97. The predicted molar refractivity (Wildman–Crippen MR) is 81.6 cm³/mol. The van der Waals surface area contributed by atoms with Crippen LogP contribution >= 0.6 is 36.6 Å². The Morgan fingerprint density at radius 2 is 2.00 bits per heavy atom. The number of thiocarbonyl (C=S) groups is 1. The number of thiol groups is 1. The van der Waals surface area contributed by atoms with Crippen LogP contribution in [0.15, 0.2) is 53.7 Å². The Morgan fingerprint density at radius 3 is 2.67 bits per heavy atom. The Morgan fingerprint density at radius 1 is 1.22 bits per heavy atom. The van der Waals surface area contributed by atoms with Gasteiger partial charge in [0.15, 0.2) is 0 Å². The van der Waals surface area contributed by atoms with E-state index in [9.17, 15) is 4.79 Å². The molecule has 1 heterocycles. The van der Waals surface area contributed by atoms with Crippen molar-refractivity contribution in [3.63, 3.8) is 0 Å². The van der Waals surface area contributed by atoms with Gasteiger partial charge in [-0.3, -0.25) is 9.78 Å². The van der Waals surface area contributed by atoms with Crippen molar-refractivity contribution in [1.82, 2.24) is 4.98 Å². The van der Waals surface area contributed by atoms with Gasteiger partial charge in [0.2, 0.25) is 5.12 Å². The topological polar surface area (TPSA) is 30.0 Å². The first-order chi connectivity index (χ1) is 8.68. The molecule has 1 aromatic carbocycles. The first kappa shape index (κ1) is 13.3. The van der Waals surface area contributed by atoms with Crippen molar-refractivity contribution in [2.75, 3.05) is 0 Å². The van der Waals surface area contributed by atoms with E-state index in [1.54, 1.807) is 24.5 Å². The van der Waals surface area contributed by atoms with E-state index in [0.717, 1.165) is 22.2 Å². The number of benzene rings is 1. The number of nitrogens with zero attached hydrogens (tertiary/aromatic N) is 1. The molecule has 5 heteroatoms. The molecule has 0 aliphatic rings. The summed E-state index contributed by atoms with van der Waals surface area (Å²) in [5.74, 6) is 0. The largest absolute Gasteiger partial charge is 0.281 e. The molecule has 2 nitrogen and oxygen atoms in total. The molecule has 90 valence electrons. The van der Waals surface area contributed by atoms with Crippen molar-refractivity contribution in [3.05, 3.63) is 59.9 Å².